The van der Waals surface area contributed by atoms with E-state index in [9.17, 15) is 9.59 Å². The molecule has 2 heterocycles. The summed E-state index contributed by atoms with van der Waals surface area (Å²) in [4.78, 5) is 34.0. The minimum absolute atomic E-state index is 0.221. The van der Waals surface area contributed by atoms with Crippen LogP contribution >= 0.6 is 0 Å². The van der Waals surface area contributed by atoms with E-state index in [4.69, 9.17) is 9.47 Å². The molecule has 0 saturated heterocycles. The number of carbonyl (C=O) groups is 2. The van der Waals surface area contributed by atoms with E-state index < -0.39 is 5.97 Å². The first-order valence-corrected chi connectivity index (χ1v) is 9.92. The van der Waals surface area contributed by atoms with Crippen LogP contribution in [0.4, 0.5) is 0 Å². The van der Waals surface area contributed by atoms with Crippen molar-refractivity contribution in [3.63, 3.8) is 0 Å². The highest BCUT2D eigenvalue weighted by Crippen LogP contribution is 2.18. The van der Waals surface area contributed by atoms with Crippen LogP contribution in [-0.4, -0.2) is 46.6 Å². The Balaban J connectivity index is 1.69. The van der Waals surface area contributed by atoms with Gasteiger partial charge in [0.05, 0.1) is 28.0 Å². The molecule has 0 fully saturated rings. The summed E-state index contributed by atoms with van der Waals surface area (Å²) >= 11 is 0. The van der Waals surface area contributed by atoms with Gasteiger partial charge in [0.2, 0.25) is 5.78 Å². The molecular weight excluding hydrogens is 382 g/mol. The fourth-order valence-corrected chi connectivity index (χ4v) is 3.44. The van der Waals surface area contributed by atoms with Crippen molar-refractivity contribution in [1.29, 1.82) is 0 Å². The molecule has 1 aromatic carbocycles. The Morgan fingerprint density at radius 2 is 1.70 bits per heavy atom. The molecule has 0 aliphatic carbocycles. The van der Waals surface area contributed by atoms with Crippen LogP contribution in [0.2, 0.25) is 0 Å². The Kier molecular flexibility index (Phi) is 6.62. The van der Waals surface area contributed by atoms with Gasteiger partial charge in [-0.1, -0.05) is 0 Å². The number of carbonyl (C=O) groups excluding carboxylic acids is 2. The van der Waals surface area contributed by atoms with Crippen molar-refractivity contribution in [1.82, 2.24) is 14.5 Å². The highest BCUT2D eigenvalue weighted by molar-refractivity contribution is 6.01. The Morgan fingerprint density at radius 3 is 2.40 bits per heavy atom. The zero-order valence-electron chi connectivity index (χ0n) is 18.1. The molecule has 0 aliphatic rings. The molecule has 0 amide bonds. The molecule has 0 N–H and O–H groups in total. The van der Waals surface area contributed by atoms with Crippen molar-refractivity contribution >= 4 is 22.8 Å². The summed E-state index contributed by atoms with van der Waals surface area (Å²) in [5, 5.41) is 0. The van der Waals surface area contributed by atoms with Crippen molar-refractivity contribution in [3.05, 3.63) is 58.2 Å². The molecule has 0 radical (unpaired) electrons. The highest BCUT2D eigenvalue weighted by Gasteiger charge is 2.18. The molecule has 30 heavy (non-hydrogen) atoms. The molecule has 0 atom stereocenters. The standard InChI is InChI=1S/C23H27N3O4/c1-14-11-19(17(4)26(14)9-6-10-29-5)22(27)13-30-23(28)18-7-8-20-21(12-18)25-16(3)15(2)24-20/h7-8,11-12H,6,9-10,13H2,1-5H3. The summed E-state index contributed by atoms with van der Waals surface area (Å²) in [5.41, 5.74) is 5.79. The van der Waals surface area contributed by atoms with E-state index in [1.54, 1.807) is 25.3 Å². The Morgan fingerprint density at radius 1 is 1.00 bits per heavy atom. The summed E-state index contributed by atoms with van der Waals surface area (Å²) in [6.45, 7) is 8.76. The molecule has 0 aliphatic heterocycles. The largest absolute Gasteiger partial charge is 0.454 e. The number of ketones is 1. The van der Waals surface area contributed by atoms with Crippen LogP contribution in [0.15, 0.2) is 24.3 Å². The van der Waals surface area contributed by atoms with Crippen LogP contribution < -0.4 is 0 Å². The van der Waals surface area contributed by atoms with Gasteiger partial charge in [-0.25, -0.2) is 14.8 Å². The number of fused-ring (bicyclic) bond motifs is 1. The van der Waals surface area contributed by atoms with E-state index in [0.717, 1.165) is 35.7 Å². The molecule has 3 rings (SSSR count). The molecular formula is C23H27N3O4. The minimum Gasteiger partial charge on any atom is -0.454 e. The van der Waals surface area contributed by atoms with E-state index >= 15 is 0 Å². The number of ether oxygens (including phenoxy) is 2. The van der Waals surface area contributed by atoms with Crippen LogP contribution in [0.1, 0.15) is 49.9 Å². The van der Waals surface area contributed by atoms with Crippen LogP contribution in [0.3, 0.4) is 0 Å². The van der Waals surface area contributed by atoms with E-state index in [2.05, 4.69) is 14.5 Å². The normalized spacial score (nSPS) is 11.1. The highest BCUT2D eigenvalue weighted by atomic mass is 16.5. The second-order valence-corrected chi connectivity index (χ2v) is 7.38. The van der Waals surface area contributed by atoms with Crippen LogP contribution in [0.25, 0.3) is 11.0 Å². The number of hydrogen-bond acceptors (Lipinski definition) is 6. The second kappa shape index (κ2) is 9.17. The predicted molar refractivity (Wildman–Crippen MR) is 114 cm³/mol. The zero-order chi connectivity index (χ0) is 21.8. The minimum atomic E-state index is -0.556. The number of methoxy groups -OCH3 is 1. The monoisotopic (exact) mass is 409 g/mol. The molecule has 7 nitrogen and oxygen atoms in total. The SMILES string of the molecule is COCCCn1c(C)cc(C(=O)COC(=O)c2ccc3nc(C)c(C)nc3c2)c1C. The number of aromatic nitrogens is 3. The molecule has 0 unspecified atom stereocenters. The first kappa shape index (κ1) is 21.6. The average Bonchev–Trinajstić information content (AvgIpc) is 3.00. The van der Waals surface area contributed by atoms with Crippen molar-refractivity contribution in [2.24, 2.45) is 0 Å². The Labute approximate surface area is 176 Å². The van der Waals surface area contributed by atoms with Gasteiger partial charge in [0.1, 0.15) is 0 Å². The number of nitrogens with zero attached hydrogens (tertiary/aromatic N) is 3. The molecule has 0 saturated carbocycles. The van der Waals surface area contributed by atoms with E-state index in [-0.39, 0.29) is 12.4 Å². The van der Waals surface area contributed by atoms with E-state index in [0.29, 0.717) is 28.8 Å². The Hall–Kier alpha value is -3.06. The first-order valence-electron chi connectivity index (χ1n) is 9.92. The lowest BCUT2D eigenvalue weighted by Gasteiger charge is -2.09. The van der Waals surface area contributed by atoms with Gasteiger partial charge < -0.3 is 14.0 Å². The fraction of sp³-hybridized carbons (Fsp3) is 0.391. The van der Waals surface area contributed by atoms with Crippen LogP contribution in [0, 0.1) is 27.7 Å². The summed E-state index contributed by atoms with van der Waals surface area (Å²) in [5.74, 6) is -0.777. The summed E-state index contributed by atoms with van der Waals surface area (Å²) < 4.78 is 12.5. The van der Waals surface area contributed by atoms with Crippen molar-refractivity contribution in [3.8, 4) is 0 Å². The summed E-state index contributed by atoms with van der Waals surface area (Å²) in [6, 6.07) is 6.86. The first-order chi connectivity index (χ1) is 14.3. The quantitative estimate of drug-likeness (QED) is 0.320. The predicted octanol–water partition coefficient (Wildman–Crippen LogP) is 3.74. The molecule has 3 aromatic rings. The van der Waals surface area contributed by atoms with Gasteiger partial charge in [-0.05, 0) is 58.4 Å². The van der Waals surface area contributed by atoms with Crippen molar-refractivity contribution in [2.45, 2.75) is 40.7 Å². The topological polar surface area (TPSA) is 83.3 Å². The average molecular weight is 409 g/mol. The van der Waals surface area contributed by atoms with Crippen molar-refractivity contribution in [2.75, 3.05) is 20.3 Å². The lowest BCUT2D eigenvalue weighted by atomic mass is 10.1. The van der Waals surface area contributed by atoms with Crippen LogP contribution in [-0.2, 0) is 16.0 Å². The van der Waals surface area contributed by atoms with Crippen molar-refractivity contribution < 1.29 is 19.1 Å². The Bertz CT molecular complexity index is 1100. The number of rotatable bonds is 8. The molecule has 158 valence electrons. The van der Waals surface area contributed by atoms with Gasteiger partial charge in [0.25, 0.3) is 0 Å². The second-order valence-electron chi connectivity index (χ2n) is 7.38. The maximum Gasteiger partial charge on any atom is 0.338 e. The van der Waals surface area contributed by atoms with Gasteiger partial charge in [0, 0.05) is 37.2 Å². The fourth-order valence-electron chi connectivity index (χ4n) is 3.44. The zero-order valence-corrected chi connectivity index (χ0v) is 18.1. The lowest BCUT2D eigenvalue weighted by Crippen LogP contribution is -2.15. The molecule has 2 aromatic heterocycles. The maximum absolute atomic E-state index is 12.7. The summed E-state index contributed by atoms with van der Waals surface area (Å²) in [6.07, 6.45) is 0.860. The van der Waals surface area contributed by atoms with Gasteiger partial charge in [0.15, 0.2) is 6.61 Å². The summed E-state index contributed by atoms with van der Waals surface area (Å²) in [7, 11) is 1.67. The van der Waals surface area contributed by atoms with Gasteiger partial charge in [-0.3, -0.25) is 4.79 Å². The van der Waals surface area contributed by atoms with Gasteiger partial charge in [-0.2, -0.15) is 0 Å². The smallest absolute Gasteiger partial charge is 0.338 e. The number of aryl methyl sites for hydroxylation is 3. The number of benzene rings is 1. The van der Waals surface area contributed by atoms with Gasteiger partial charge in [-0.15, -0.1) is 0 Å². The number of esters is 1. The number of hydrogen-bond donors (Lipinski definition) is 0. The van der Waals surface area contributed by atoms with Gasteiger partial charge >= 0.3 is 5.97 Å². The lowest BCUT2D eigenvalue weighted by molar-refractivity contribution is 0.0474. The molecule has 0 spiro atoms. The van der Waals surface area contributed by atoms with Crippen LogP contribution in [0.5, 0.6) is 0 Å². The molecule has 0 bridgehead atoms. The third-order valence-electron chi connectivity index (χ3n) is 5.25. The third-order valence-corrected chi connectivity index (χ3v) is 5.25. The third kappa shape index (κ3) is 4.57. The van der Waals surface area contributed by atoms with E-state index in [1.807, 2.05) is 33.8 Å². The number of Topliss-reactive ketones (excluding diaryl/α,β-unsaturated/α-hetero) is 1. The van der Waals surface area contributed by atoms with E-state index in [1.165, 1.54) is 0 Å². The molecule has 7 heteroatoms. The maximum atomic E-state index is 12.7.